The lowest BCUT2D eigenvalue weighted by molar-refractivity contribution is -0.145. The summed E-state index contributed by atoms with van der Waals surface area (Å²) >= 11 is 1.39. The van der Waals surface area contributed by atoms with Crippen molar-refractivity contribution < 1.29 is 39.6 Å². The molecule has 9 N–H and O–H groups in total. The Hall–Kier alpha value is -2.87. The third-order valence-corrected chi connectivity index (χ3v) is 5.48. The van der Waals surface area contributed by atoms with Gasteiger partial charge in [-0.3, -0.25) is 14.4 Å². The molecule has 5 atom stereocenters. The number of amides is 3. The van der Waals surface area contributed by atoms with Crippen LogP contribution in [0.5, 0.6) is 5.75 Å². The van der Waals surface area contributed by atoms with Gasteiger partial charge in [0.05, 0.1) is 18.8 Å². The highest BCUT2D eigenvalue weighted by molar-refractivity contribution is 7.98. The molecule has 12 nitrogen and oxygen atoms in total. The van der Waals surface area contributed by atoms with Gasteiger partial charge in [-0.25, -0.2) is 4.79 Å². The first-order chi connectivity index (χ1) is 16.0. The van der Waals surface area contributed by atoms with Crippen LogP contribution in [0.2, 0.25) is 0 Å². The summed E-state index contributed by atoms with van der Waals surface area (Å²) in [5.74, 6) is -3.35. The van der Waals surface area contributed by atoms with Crippen LogP contribution in [0.25, 0.3) is 0 Å². The van der Waals surface area contributed by atoms with Crippen LogP contribution in [-0.2, 0) is 25.6 Å². The molecule has 0 fully saturated rings. The fourth-order valence-corrected chi connectivity index (χ4v) is 3.34. The van der Waals surface area contributed by atoms with E-state index in [2.05, 4.69) is 16.0 Å². The molecule has 0 spiro atoms. The molecule has 0 radical (unpaired) electrons. The molecule has 0 aliphatic carbocycles. The Balaban J connectivity index is 2.81. The third kappa shape index (κ3) is 9.55. The molecule has 0 saturated carbocycles. The maximum atomic E-state index is 12.7. The van der Waals surface area contributed by atoms with E-state index in [0.29, 0.717) is 11.3 Å². The van der Waals surface area contributed by atoms with E-state index in [9.17, 15) is 34.5 Å². The first kappa shape index (κ1) is 29.2. The van der Waals surface area contributed by atoms with Gasteiger partial charge in [0.2, 0.25) is 17.7 Å². The van der Waals surface area contributed by atoms with E-state index in [1.165, 1.54) is 30.8 Å². The summed E-state index contributed by atoms with van der Waals surface area (Å²) in [7, 11) is 0. The van der Waals surface area contributed by atoms with Gasteiger partial charge < -0.3 is 42.1 Å². The van der Waals surface area contributed by atoms with Crippen LogP contribution in [0.3, 0.4) is 0 Å². The van der Waals surface area contributed by atoms with Crippen LogP contribution < -0.4 is 21.7 Å². The monoisotopic (exact) mass is 500 g/mol. The topological polar surface area (TPSA) is 211 Å². The maximum Gasteiger partial charge on any atom is 0.328 e. The lowest BCUT2D eigenvalue weighted by atomic mass is 10.1. The Morgan fingerprint density at radius 2 is 1.56 bits per heavy atom. The summed E-state index contributed by atoms with van der Waals surface area (Å²) in [6.45, 7) is 0.430. The zero-order valence-corrected chi connectivity index (χ0v) is 19.7. The van der Waals surface area contributed by atoms with Gasteiger partial charge in [0.1, 0.15) is 17.8 Å². The fourth-order valence-electron chi connectivity index (χ4n) is 2.87. The molecular formula is C21H32N4O8S. The van der Waals surface area contributed by atoms with E-state index in [-0.39, 0.29) is 18.6 Å². The summed E-state index contributed by atoms with van der Waals surface area (Å²) in [5.41, 5.74) is 6.55. The average molecular weight is 501 g/mol. The number of carbonyl (C=O) groups excluding carboxylic acids is 3. The fraction of sp³-hybridized carbons (Fsp3) is 0.524. The lowest BCUT2D eigenvalue weighted by Gasteiger charge is -2.25. The second kappa shape index (κ2) is 14.4. The van der Waals surface area contributed by atoms with Crippen molar-refractivity contribution >= 4 is 35.5 Å². The van der Waals surface area contributed by atoms with Gasteiger partial charge in [0.15, 0.2) is 6.04 Å². The van der Waals surface area contributed by atoms with Crippen molar-refractivity contribution in [1.29, 1.82) is 0 Å². The molecule has 0 aromatic heterocycles. The number of aromatic hydroxyl groups is 1. The molecule has 0 bridgehead atoms. The van der Waals surface area contributed by atoms with Gasteiger partial charge >= 0.3 is 5.97 Å². The Morgan fingerprint density at radius 3 is 2.06 bits per heavy atom. The van der Waals surface area contributed by atoms with Crippen LogP contribution in [0.1, 0.15) is 18.9 Å². The van der Waals surface area contributed by atoms with Crippen LogP contribution in [-0.4, -0.2) is 93.0 Å². The minimum Gasteiger partial charge on any atom is -0.508 e. The number of carboxylic acids is 1. The van der Waals surface area contributed by atoms with Gasteiger partial charge in [0.25, 0.3) is 0 Å². The smallest absolute Gasteiger partial charge is 0.328 e. The first-order valence-electron chi connectivity index (χ1n) is 10.4. The number of aliphatic hydroxyl groups excluding tert-OH is 2. The van der Waals surface area contributed by atoms with E-state index in [1.54, 1.807) is 18.4 Å². The SMILES string of the molecule is CSCCC(NC(=O)C(CO)NC(=O)C(N)Cc1ccc(O)cc1)C(=O)NC(C(=O)O)C(C)O. The molecular weight excluding hydrogens is 468 g/mol. The number of hydrogen-bond donors (Lipinski definition) is 8. The number of aliphatic carboxylic acids is 1. The minimum atomic E-state index is -1.58. The summed E-state index contributed by atoms with van der Waals surface area (Å²) in [6.07, 6.45) is 0.648. The highest BCUT2D eigenvalue weighted by Gasteiger charge is 2.31. The number of nitrogens with one attached hydrogen (secondary N) is 3. The number of nitrogens with two attached hydrogens (primary N) is 1. The summed E-state index contributed by atoms with van der Waals surface area (Å²) in [5, 5.41) is 44.6. The molecule has 3 amide bonds. The molecule has 34 heavy (non-hydrogen) atoms. The van der Waals surface area contributed by atoms with E-state index in [0.717, 1.165) is 0 Å². The number of phenolic OH excluding ortho intramolecular Hbond substituents is 1. The van der Waals surface area contributed by atoms with E-state index in [1.807, 2.05) is 0 Å². The minimum absolute atomic E-state index is 0.0574. The van der Waals surface area contributed by atoms with Gasteiger partial charge in [-0.1, -0.05) is 12.1 Å². The molecule has 0 aliphatic rings. The van der Waals surface area contributed by atoms with Crippen molar-refractivity contribution in [3.8, 4) is 5.75 Å². The molecule has 190 valence electrons. The Bertz CT molecular complexity index is 837. The number of carbonyl (C=O) groups is 4. The van der Waals surface area contributed by atoms with E-state index in [4.69, 9.17) is 10.8 Å². The van der Waals surface area contributed by atoms with E-state index < -0.39 is 60.6 Å². The summed E-state index contributed by atoms with van der Waals surface area (Å²) in [4.78, 5) is 48.9. The van der Waals surface area contributed by atoms with Gasteiger partial charge in [0, 0.05) is 0 Å². The molecule has 5 unspecified atom stereocenters. The molecule has 0 aliphatic heterocycles. The van der Waals surface area contributed by atoms with Crippen LogP contribution in [0.4, 0.5) is 0 Å². The summed E-state index contributed by atoms with van der Waals surface area (Å²) in [6, 6.07) is 0.854. The van der Waals surface area contributed by atoms with Crippen molar-refractivity contribution in [2.45, 2.75) is 50.0 Å². The molecule has 0 saturated heterocycles. The Morgan fingerprint density at radius 1 is 1.00 bits per heavy atom. The van der Waals surface area contributed by atoms with Crippen LogP contribution >= 0.6 is 11.8 Å². The lowest BCUT2D eigenvalue weighted by Crippen LogP contribution is -2.59. The van der Waals surface area contributed by atoms with Gasteiger partial charge in [-0.05, 0) is 49.5 Å². The number of aliphatic hydroxyl groups is 2. The number of thioether (sulfide) groups is 1. The zero-order chi connectivity index (χ0) is 25.8. The van der Waals surface area contributed by atoms with Crippen molar-refractivity contribution in [2.75, 3.05) is 18.6 Å². The second-order valence-electron chi connectivity index (χ2n) is 7.63. The van der Waals surface area contributed by atoms with Crippen molar-refractivity contribution in [2.24, 2.45) is 5.73 Å². The number of phenols is 1. The maximum absolute atomic E-state index is 12.7. The predicted molar refractivity (Wildman–Crippen MR) is 125 cm³/mol. The summed E-state index contributed by atoms with van der Waals surface area (Å²) < 4.78 is 0. The average Bonchev–Trinajstić information content (AvgIpc) is 2.78. The molecule has 13 heteroatoms. The van der Waals surface area contributed by atoms with E-state index >= 15 is 0 Å². The number of carboxylic acid groups (broad SMARTS) is 1. The highest BCUT2D eigenvalue weighted by atomic mass is 32.2. The standard InChI is InChI=1S/C21H32N4O8S/c1-11(27)17(21(32)33)25-19(30)15(7-8-34-2)23-20(31)16(10-26)24-18(29)14(22)9-12-3-5-13(28)6-4-12/h3-6,11,14-17,26-28H,7-10,22H2,1-2H3,(H,23,31)(H,24,29)(H,25,30)(H,32,33). The van der Waals surface area contributed by atoms with Crippen molar-refractivity contribution in [1.82, 2.24) is 16.0 Å². The Labute approximate surface area is 201 Å². The number of benzene rings is 1. The molecule has 1 rings (SSSR count). The van der Waals surface area contributed by atoms with Crippen molar-refractivity contribution in [3.05, 3.63) is 29.8 Å². The highest BCUT2D eigenvalue weighted by Crippen LogP contribution is 2.11. The molecule has 1 aromatic rings. The van der Waals surface area contributed by atoms with Gasteiger partial charge in [-0.2, -0.15) is 11.8 Å². The Kier molecular flexibility index (Phi) is 12.4. The largest absolute Gasteiger partial charge is 0.508 e. The van der Waals surface area contributed by atoms with Crippen LogP contribution in [0, 0.1) is 0 Å². The third-order valence-electron chi connectivity index (χ3n) is 4.83. The first-order valence-corrected chi connectivity index (χ1v) is 11.8. The zero-order valence-electron chi connectivity index (χ0n) is 18.9. The second-order valence-corrected chi connectivity index (χ2v) is 8.61. The van der Waals surface area contributed by atoms with Gasteiger partial charge in [-0.15, -0.1) is 0 Å². The normalized spacial score (nSPS) is 15.3. The van der Waals surface area contributed by atoms with Crippen molar-refractivity contribution in [3.63, 3.8) is 0 Å². The predicted octanol–water partition coefficient (Wildman–Crippen LogP) is -2.07. The van der Waals surface area contributed by atoms with Crippen LogP contribution in [0.15, 0.2) is 24.3 Å². The number of rotatable bonds is 14. The number of hydrogen-bond acceptors (Lipinski definition) is 9. The quantitative estimate of drug-likeness (QED) is 0.140. The molecule has 1 aromatic carbocycles. The molecule has 0 heterocycles.